The highest BCUT2D eigenvalue weighted by atomic mass is 35.5. The Morgan fingerprint density at radius 1 is 1.23 bits per heavy atom. The highest BCUT2D eigenvalue weighted by molar-refractivity contribution is 6.31. The summed E-state index contributed by atoms with van der Waals surface area (Å²) in [5, 5.41) is 4.39. The van der Waals surface area contributed by atoms with Gasteiger partial charge in [-0.15, -0.1) is 0 Å². The topological polar surface area (TPSA) is 44.9 Å². The summed E-state index contributed by atoms with van der Waals surface area (Å²) in [6.07, 6.45) is 0. The Hall–Kier alpha value is -2.33. The second-order valence-electron chi connectivity index (χ2n) is 5.12. The van der Waals surface area contributed by atoms with E-state index in [1.165, 1.54) is 12.1 Å². The first-order valence-electron chi connectivity index (χ1n) is 6.85. The fourth-order valence-corrected chi connectivity index (χ4v) is 2.57. The van der Waals surface area contributed by atoms with Crippen LogP contribution < -0.4 is 5.32 Å². The van der Waals surface area contributed by atoms with Gasteiger partial charge in [-0.3, -0.25) is 4.79 Å². The Balaban J connectivity index is 1.80. The van der Waals surface area contributed by atoms with E-state index in [-0.39, 0.29) is 11.7 Å². The molecule has 0 aliphatic heterocycles. The molecule has 0 bridgehead atoms. The number of aromatic amines is 1. The summed E-state index contributed by atoms with van der Waals surface area (Å²) in [4.78, 5) is 15.4. The lowest BCUT2D eigenvalue weighted by Crippen LogP contribution is -2.23. The number of hydrogen-bond acceptors (Lipinski definition) is 1. The van der Waals surface area contributed by atoms with Crippen LogP contribution in [0.5, 0.6) is 0 Å². The molecule has 3 nitrogen and oxygen atoms in total. The average Bonchev–Trinajstić information content (AvgIpc) is 2.83. The van der Waals surface area contributed by atoms with Crippen molar-refractivity contribution in [2.24, 2.45) is 0 Å². The average molecular weight is 317 g/mol. The van der Waals surface area contributed by atoms with Crippen LogP contribution in [0.3, 0.4) is 0 Å². The molecule has 0 spiro atoms. The van der Waals surface area contributed by atoms with Crippen molar-refractivity contribution in [3.05, 3.63) is 70.1 Å². The number of amides is 1. The predicted molar refractivity (Wildman–Crippen MR) is 85.6 cm³/mol. The third kappa shape index (κ3) is 2.83. The lowest BCUT2D eigenvalue weighted by Gasteiger charge is -2.05. The number of carbonyl (C=O) groups excluding carboxylic acids is 1. The number of benzene rings is 2. The third-order valence-corrected chi connectivity index (χ3v) is 3.85. The monoisotopic (exact) mass is 316 g/mol. The fraction of sp³-hybridized carbons (Fsp3) is 0.118. The first kappa shape index (κ1) is 14.6. The van der Waals surface area contributed by atoms with E-state index in [9.17, 15) is 9.18 Å². The first-order chi connectivity index (χ1) is 10.5. The van der Waals surface area contributed by atoms with Crippen LogP contribution in [0.25, 0.3) is 10.9 Å². The molecule has 1 amide bonds. The van der Waals surface area contributed by atoms with Crippen molar-refractivity contribution in [2.75, 3.05) is 0 Å². The minimum absolute atomic E-state index is 0.200. The zero-order valence-corrected chi connectivity index (χ0v) is 12.7. The molecule has 2 aromatic carbocycles. The lowest BCUT2D eigenvalue weighted by molar-refractivity contribution is 0.0946. The van der Waals surface area contributed by atoms with E-state index < -0.39 is 0 Å². The molecular formula is C17H14ClFN2O. The number of aromatic nitrogens is 1. The van der Waals surface area contributed by atoms with Crippen LogP contribution in [0, 0.1) is 12.7 Å². The molecule has 3 aromatic rings. The van der Waals surface area contributed by atoms with Crippen LogP contribution in [-0.2, 0) is 6.54 Å². The summed E-state index contributed by atoms with van der Waals surface area (Å²) in [6, 6.07) is 11.5. The van der Waals surface area contributed by atoms with Crippen molar-refractivity contribution < 1.29 is 9.18 Å². The summed E-state index contributed by atoms with van der Waals surface area (Å²) in [6.45, 7) is 2.22. The molecule has 0 saturated carbocycles. The van der Waals surface area contributed by atoms with E-state index in [1.807, 2.05) is 19.1 Å². The van der Waals surface area contributed by atoms with E-state index in [0.717, 1.165) is 22.0 Å². The van der Waals surface area contributed by atoms with Gasteiger partial charge in [-0.05, 0) is 48.4 Å². The number of rotatable bonds is 3. The molecule has 1 heterocycles. The first-order valence-corrected chi connectivity index (χ1v) is 7.23. The van der Waals surface area contributed by atoms with Crippen LogP contribution in [-0.4, -0.2) is 10.9 Å². The summed E-state index contributed by atoms with van der Waals surface area (Å²) in [5.41, 5.74) is 3.08. The van der Waals surface area contributed by atoms with Crippen LogP contribution >= 0.6 is 11.6 Å². The van der Waals surface area contributed by atoms with Crippen LogP contribution in [0.2, 0.25) is 5.02 Å². The number of fused-ring (bicyclic) bond motifs is 1. The van der Waals surface area contributed by atoms with Gasteiger partial charge in [-0.2, -0.15) is 0 Å². The molecular weight excluding hydrogens is 303 g/mol. The molecule has 0 radical (unpaired) electrons. The molecule has 1 aromatic heterocycles. The summed E-state index contributed by atoms with van der Waals surface area (Å²) in [7, 11) is 0. The van der Waals surface area contributed by atoms with Crippen molar-refractivity contribution in [1.82, 2.24) is 10.3 Å². The van der Waals surface area contributed by atoms with Gasteiger partial charge in [0.05, 0.1) is 0 Å². The molecule has 22 heavy (non-hydrogen) atoms. The molecule has 112 valence electrons. The Kier molecular flexibility index (Phi) is 3.86. The molecule has 0 fully saturated rings. The predicted octanol–water partition coefficient (Wildman–Crippen LogP) is 4.20. The number of carbonyl (C=O) groups is 1. The number of H-pyrrole nitrogens is 1. The minimum atomic E-state index is -0.293. The second kappa shape index (κ2) is 5.81. The van der Waals surface area contributed by atoms with Gasteiger partial charge in [-0.25, -0.2) is 4.39 Å². The van der Waals surface area contributed by atoms with E-state index in [4.69, 9.17) is 11.6 Å². The number of aryl methyl sites for hydroxylation is 1. The largest absolute Gasteiger partial charge is 0.350 e. The highest BCUT2D eigenvalue weighted by Crippen LogP contribution is 2.24. The van der Waals surface area contributed by atoms with Crippen molar-refractivity contribution in [1.29, 1.82) is 0 Å². The zero-order valence-electron chi connectivity index (χ0n) is 11.9. The zero-order chi connectivity index (χ0) is 15.7. The molecule has 2 N–H and O–H groups in total. The van der Waals surface area contributed by atoms with Gasteiger partial charge in [0.25, 0.3) is 5.91 Å². The molecule has 0 aliphatic rings. The van der Waals surface area contributed by atoms with Gasteiger partial charge in [0.15, 0.2) is 0 Å². The summed E-state index contributed by atoms with van der Waals surface area (Å²) in [5.74, 6) is -0.493. The maximum absolute atomic E-state index is 12.9. The van der Waals surface area contributed by atoms with E-state index in [2.05, 4.69) is 10.3 Å². The normalized spacial score (nSPS) is 10.9. The van der Waals surface area contributed by atoms with Crippen LogP contribution in [0.1, 0.15) is 21.6 Å². The van der Waals surface area contributed by atoms with Gasteiger partial charge in [-0.1, -0.05) is 23.7 Å². The maximum Gasteiger partial charge on any atom is 0.268 e. The van der Waals surface area contributed by atoms with Crippen LogP contribution in [0.15, 0.2) is 42.5 Å². The van der Waals surface area contributed by atoms with Crippen LogP contribution in [0.4, 0.5) is 4.39 Å². The van der Waals surface area contributed by atoms with E-state index >= 15 is 0 Å². The quantitative estimate of drug-likeness (QED) is 0.747. The van der Waals surface area contributed by atoms with E-state index in [0.29, 0.717) is 17.3 Å². The molecule has 5 heteroatoms. The Bertz CT molecular complexity index is 840. The number of hydrogen-bond donors (Lipinski definition) is 2. The molecule has 0 unspecified atom stereocenters. The van der Waals surface area contributed by atoms with Gasteiger partial charge in [0.1, 0.15) is 11.5 Å². The molecule has 0 saturated heterocycles. The number of halogens is 2. The lowest BCUT2D eigenvalue weighted by atomic mass is 10.1. The third-order valence-electron chi connectivity index (χ3n) is 3.61. The fourth-order valence-electron chi connectivity index (χ4n) is 2.40. The summed E-state index contributed by atoms with van der Waals surface area (Å²) < 4.78 is 12.9. The van der Waals surface area contributed by atoms with Crippen molar-refractivity contribution in [2.45, 2.75) is 13.5 Å². The van der Waals surface area contributed by atoms with Gasteiger partial charge >= 0.3 is 0 Å². The van der Waals surface area contributed by atoms with E-state index in [1.54, 1.807) is 18.2 Å². The second-order valence-corrected chi connectivity index (χ2v) is 5.56. The van der Waals surface area contributed by atoms with Gasteiger partial charge in [0, 0.05) is 22.5 Å². The smallest absolute Gasteiger partial charge is 0.268 e. The summed E-state index contributed by atoms with van der Waals surface area (Å²) >= 11 is 5.99. The molecule has 0 atom stereocenters. The SMILES string of the molecule is Cc1c(C(=O)NCc2ccc(F)cc2)[nH]c2ccc(Cl)cc12. The van der Waals surface area contributed by atoms with Crippen molar-refractivity contribution in [3.63, 3.8) is 0 Å². The minimum Gasteiger partial charge on any atom is -0.350 e. The maximum atomic E-state index is 12.9. The Morgan fingerprint density at radius 3 is 2.68 bits per heavy atom. The van der Waals surface area contributed by atoms with Gasteiger partial charge < -0.3 is 10.3 Å². The standard InChI is InChI=1S/C17H14ClFN2O/c1-10-14-8-12(18)4-7-15(14)21-16(10)17(22)20-9-11-2-5-13(19)6-3-11/h2-8,21H,9H2,1H3,(H,20,22). The molecule has 0 aliphatic carbocycles. The van der Waals surface area contributed by atoms with Crippen molar-refractivity contribution >= 4 is 28.4 Å². The highest BCUT2D eigenvalue weighted by Gasteiger charge is 2.14. The van der Waals surface area contributed by atoms with Gasteiger partial charge in [0.2, 0.25) is 0 Å². The molecule has 3 rings (SSSR count). The Morgan fingerprint density at radius 2 is 1.95 bits per heavy atom. The van der Waals surface area contributed by atoms with Crippen molar-refractivity contribution in [3.8, 4) is 0 Å². The Labute approximate surface area is 132 Å². The number of nitrogens with one attached hydrogen (secondary N) is 2.